The van der Waals surface area contributed by atoms with E-state index in [4.69, 9.17) is 15.9 Å². The summed E-state index contributed by atoms with van der Waals surface area (Å²) in [6.07, 6.45) is -0.212. The maximum Gasteiger partial charge on any atom is 0.103 e. The van der Waals surface area contributed by atoms with Gasteiger partial charge in [-0.2, -0.15) is 0 Å². The highest BCUT2D eigenvalue weighted by molar-refractivity contribution is 4.49. The van der Waals surface area contributed by atoms with Gasteiger partial charge in [-0.25, -0.2) is 0 Å². The molecule has 5 N–H and O–H groups in total. The standard InChI is InChI=1S/C5H14N2O2/c6-5(9)1-2-7-3-4-8/h5,7-9H,1-4,6H2. The second-order valence-electron chi connectivity index (χ2n) is 1.83. The Morgan fingerprint density at radius 2 is 2.11 bits per heavy atom. The molecule has 9 heavy (non-hydrogen) atoms. The summed E-state index contributed by atoms with van der Waals surface area (Å²) in [5, 5.41) is 19.7. The Labute approximate surface area is 54.7 Å². The molecule has 0 saturated heterocycles. The second kappa shape index (κ2) is 5.97. The monoisotopic (exact) mass is 134 g/mol. The highest BCUT2D eigenvalue weighted by Crippen LogP contribution is 1.77. The molecule has 0 heterocycles. The van der Waals surface area contributed by atoms with Gasteiger partial charge in [-0.1, -0.05) is 0 Å². The van der Waals surface area contributed by atoms with Crippen LogP contribution >= 0.6 is 0 Å². The van der Waals surface area contributed by atoms with Gasteiger partial charge in [0.25, 0.3) is 0 Å². The number of hydrogen-bond acceptors (Lipinski definition) is 4. The summed E-state index contributed by atoms with van der Waals surface area (Å²) in [4.78, 5) is 0. The molecule has 0 aliphatic rings. The first-order valence-corrected chi connectivity index (χ1v) is 3.02. The fourth-order valence-corrected chi connectivity index (χ4v) is 0.454. The second-order valence-corrected chi connectivity index (χ2v) is 1.83. The lowest BCUT2D eigenvalue weighted by molar-refractivity contribution is 0.170. The summed E-state index contributed by atoms with van der Waals surface area (Å²) in [5.41, 5.74) is 5.03. The van der Waals surface area contributed by atoms with E-state index in [-0.39, 0.29) is 6.61 Å². The van der Waals surface area contributed by atoms with Crippen molar-refractivity contribution in [1.82, 2.24) is 5.32 Å². The molecule has 0 aliphatic heterocycles. The van der Waals surface area contributed by atoms with Crippen LogP contribution in [0.15, 0.2) is 0 Å². The molecule has 0 aromatic rings. The van der Waals surface area contributed by atoms with E-state index < -0.39 is 6.23 Å². The van der Waals surface area contributed by atoms with E-state index in [1.807, 2.05) is 0 Å². The molecule has 0 bridgehead atoms. The van der Waals surface area contributed by atoms with Crippen LogP contribution in [0.2, 0.25) is 0 Å². The number of nitrogens with one attached hydrogen (secondary N) is 1. The summed E-state index contributed by atoms with van der Waals surface area (Å²) < 4.78 is 0. The molecule has 0 saturated carbocycles. The first-order chi connectivity index (χ1) is 4.27. The fraction of sp³-hybridized carbons (Fsp3) is 1.00. The molecule has 56 valence electrons. The summed E-state index contributed by atoms with van der Waals surface area (Å²) in [6, 6.07) is 0. The summed E-state index contributed by atoms with van der Waals surface area (Å²) in [5.74, 6) is 0. The average Bonchev–Trinajstić information content (AvgIpc) is 1.80. The molecule has 0 fully saturated rings. The Morgan fingerprint density at radius 1 is 1.44 bits per heavy atom. The third-order valence-electron chi connectivity index (χ3n) is 0.905. The maximum atomic E-state index is 8.53. The largest absolute Gasteiger partial charge is 0.395 e. The Balaban J connectivity index is 2.75. The molecular weight excluding hydrogens is 120 g/mol. The van der Waals surface area contributed by atoms with Crippen LogP contribution in [0.3, 0.4) is 0 Å². The summed E-state index contributed by atoms with van der Waals surface area (Å²) in [6.45, 7) is 1.34. The lowest BCUT2D eigenvalue weighted by atomic mass is 10.4. The SMILES string of the molecule is NC(O)CCNCCO. The van der Waals surface area contributed by atoms with Gasteiger partial charge in [0, 0.05) is 6.54 Å². The van der Waals surface area contributed by atoms with Gasteiger partial charge in [0.2, 0.25) is 0 Å². The quantitative estimate of drug-likeness (QED) is 0.265. The third-order valence-corrected chi connectivity index (χ3v) is 0.905. The lowest BCUT2D eigenvalue weighted by Gasteiger charge is -2.03. The molecule has 0 rings (SSSR count). The molecule has 0 aromatic heterocycles. The van der Waals surface area contributed by atoms with Crippen LogP contribution in [0.4, 0.5) is 0 Å². The van der Waals surface area contributed by atoms with Crippen molar-refractivity contribution in [1.29, 1.82) is 0 Å². The topological polar surface area (TPSA) is 78.5 Å². The van der Waals surface area contributed by atoms with Crippen molar-refractivity contribution in [2.45, 2.75) is 12.6 Å². The van der Waals surface area contributed by atoms with E-state index in [0.717, 1.165) is 0 Å². The van der Waals surface area contributed by atoms with E-state index in [1.54, 1.807) is 0 Å². The minimum absolute atomic E-state index is 0.126. The van der Waals surface area contributed by atoms with Gasteiger partial charge >= 0.3 is 0 Å². The van der Waals surface area contributed by atoms with Crippen molar-refractivity contribution in [2.24, 2.45) is 5.73 Å². The first-order valence-electron chi connectivity index (χ1n) is 3.02. The minimum atomic E-state index is -0.740. The lowest BCUT2D eigenvalue weighted by Crippen LogP contribution is -2.27. The van der Waals surface area contributed by atoms with Gasteiger partial charge in [0.15, 0.2) is 0 Å². The van der Waals surface area contributed by atoms with Crippen LogP contribution < -0.4 is 11.1 Å². The van der Waals surface area contributed by atoms with E-state index in [1.165, 1.54) is 0 Å². The van der Waals surface area contributed by atoms with E-state index >= 15 is 0 Å². The number of rotatable bonds is 5. The molecule has 0 amide bonds. The van der Waals surface area contributed by atoms with Gasteiger partial charge in [-0.3, -0.25) is 0 Å². The number of aliphatic hydroxyl groups is 2. The van der Waals surface area contributed by atoms with E-state index in [9.17, 15) is 0 Å². The van der Waals surface area contributed by atoms with Gasteiger partial charge < -0.3 is 21.3 Å². The van der Waals surface area contributed by atoms with Gasteiger partial charge in [-0.15, -0.1) is 0 Å². The molecule has 0 radical (unpaired) electrons. The Kier molecular flexibility index (Phi) is 5.86. The third kappa shape index (κ3) is 7.84. The van der Waals surface area contributed by atoms with Crippen LogP contribution in [-0.2, 0) is 0 Å². The zero-order valence-corrected chi connectivity index (χ0v) is 5.38. The van der Waals surface area contributed by atoms with Gasteiger partial charge in [-0.05, 0) is 13.0 Å². The van der Waals surface area contributed by atoms with E-state index in [2.05, 4.69) is 5.32 Å². The molecule has 0 aliphatic carbocycles. The fourth-order valence-electron chi connectivity index (χ4n) is 0.454. The smallest absolute Gasteiger partial charge is 0.103 e. The van der Waals surface area contributed by atoms with Crippen molar-refractivity contribution in [3.8, 4) is 0 Å². The predicted octanol–water partition coefficient (Wildman–Crippen LogP) is -1.76. The highest BCUT2D eigenvalue weighted by atomic mass is 16.3. The van der Waals surface area contributed by atoms with Crippen LogP contribution in [0.1, 0.15) is 6.42 Å². The van der Waals surface area contributed by atoms with Crippen molar-refractivity contribution < 1.29 is 10.2 Å². The van der Waals surface area contributed by atoms with Gasteiger partial charge in [0.05, 0.1) is 6.61 Å². The molecule has 0 spiro atoms. The van der Waals surface area contributed by atoms with Crippen molar-refractivity contribution in [3.63, 3.8) is 0 Å². The first kappa shape index (κ1) is 8.84. The number of aliphatic hydroxyl groups excluding tert-OH is 2. The Hall–Kier alpha value is -0.160. The van der Waals surface area contributed by atoms with E-state index in [0.29, 0.717) is 19.5 Å². The zero-order chi connectivity index (χ0) is 7.11. The van der Waals surface area contributed by atoms with Crippen molar-refractivity contribution in [2.75, 3.05) is 19.7 Å². The maximum absolute atomic E-state index is 8.53. The molecular formula is C5H14N2O2. The summed E-state index contributed by atoms with van der Waals surface area (Å²) >= 11 is 0. The van der Waals surface area contributed by atoms with Gasteiger partial charge in [0.1, 0.15) is 6.23 Å². The van der Waals surface area contributed by atoms with Crippen molar-refractivity contribution >= 4 is 0 Å². The molecule has 4 nitrogen and oxygen atoms in total. The minimum Gasteiger partial charge on any atom is -0.395 e. The Bertz CT molecular complexity index is 58.9. The van der Waals surface area contributed by atoms with Crippen LogP contribution in [-0.4, -0.2) is 36.1 Å². The normalized spacial score (nSPS) is 13.7. The molecule has 0 aromatic carbocycles. The zero-order valence-electron chi connectivity index (χ0n) is 5.38. The van der Waals surface area contributed by atoms with Crippen LogP contribution in [0, 0.1) is 0 Å². The van der Waals surface area contributed by atoms with Crippen LogP contribution in [0.5, 0.6) is 0 Å². The number of nitrogens with two attached hydrogens (primary N) is 1. The van der Waals surface area contributed by atoms with Crippen LogP contribution in [0.25, 0.3) is 0 Å². The average molecular weight is 134 g/mol. The molecule has 1 unspecified atom stereocenters. The molecule has 1 atom stereocenters. The highest BCUT2D eigenvalue weighted by Gasteiger charge is 1.92. The summed E-state index contributed by atoms with van der Waals surface area (Å²) in [7, 11) is 0. The van der Waals surface area contributed by atoms with Crippen molar-refractivity contribution in [3.05, 3.63) is 0 Å². The Morgan fingerprint density at radius 3 is 2.56 bits per heavy atom. The number of hydrogen-bond donors (Lipinski definition) is 4. The predicted molar refractivity (Wildman–Crippen MR) is 34.8 cm³/mol. The molecule has 4 heteroatoms.